The average molecular weight is 656 g/mol. The number of hydrogen-bond acceptors (Lipinski definition) is 8. The maximum atomic E-state index is 13.6. The molecule has 0 unspecified atom stereocenters. The number of piperidine rings is 2. The number of nitrogens with one attached hydrogen (secondary N) is 1. The molecule has 4 aromatic rings. The summed E-state index contributed by atoms with van der Waals surface area (Å²) in [6, 6.07) is 5.90. The third-order valence-electron chi connectivity index (χ3n) is 8.55. The quantitative estimate of drug-likeness (QED) is 0.241. The van der Waals surface area contributed by atoms with Gasteiger partial charge in [0.25, 0.3) is 5.91 Å². The van der Waals surface area contributed by atoms with Crippen LogP contribution in [0.15, 0.2) is 42.9 Å². The van der Waals surface area contributed by atoms with Crippen LogP contribution in [0.5, 0.6) is 5.75 Å². The summed E-state index contributed by atoms with van der Waals surface area (Å²) in [5, 5.41) is 12.1. The molecule has 46 heavy (non-hydrogen) atoms. The van der Waals surface area contributed by atoms with Crippen molar-refractivity contribution in [1.29, 1.82) is 0 Å². The van der Waals surface area contributed by atoms with Crippen LogP contribution >= 0.6 is 11.6 Å². The van der Waals surface area contributed by atoms with Gasteiger partial charge < -0.3 is 25.6 Å². The number of hydrogen-bond donors (Lipinski definition) is 2. The van der Waals surface area contributed by atoms with Crippen LogP contribution in [-0.2, 0) is 4.79 Å². The molecular weight excluding hydrogens is 620 g/mol. The summed E-state index contributed by atoms with van der Waals surface area (Å²) in [5.41, 5.74) is 7.09. The van der Waals surface area contributed by atoms with E-state index in [0.29, 0.717) is 6.42 Å². The molecule has 15 heteroatoms. The van der Waals surface area contributed by atoms with Gasteiger partial charge in [-0.15, -0.1) is 5.10 Å². The number of benzene rings is 1. The minimum Gasteiger partial charge on any atom is -0.434 e. The van der Waals surface area contributed by atoms with E-state index in [1.54, 1.807) is 23.1 Å². The zero-order valence-corrected chi connectivity index (χ0v) is 26.0. The lowest BCUT2D eigenvalue weighted by atomic mass is 10.0. The number of alkyl halides is 2. The lowest BCUT2D eigenvalue weighted by molar-refractivity contribution is -0.132. The minimum absolute atomic E-state index is 0.0142. The number of likely N-dealkylation sites (tertiary alicyclic amines) is 2. The summed E-state index contributed by atoms with van der Waals surface area (Å²) in [6.07, 6.45) is 11.1. The van der Waals surface area contributed by atoms with Crippen molar-refractivity contribution in [3.63, 3.8) is 0 Å². The van der Waals surface area contributed by atoms with E-state index in [1.807, 2.05) is 4.90 Å². The average Bonchev–Trinajstić information content (AvgIpc) is 3.62. The third-order valence-corrected chi connectivity index (χ3v) is 8.78. The Hall–Kier alpha value is -4.30. The molecule has 2 aliphatic heterocycles. The highest BCUT2D eigenvalue weighted by molar-refractivity contribution is 6.31. The minimum atomic E-state index is -3.08. The molecule has 244 valence electrons. The van der Waals surface area contributed by atoms with Crippen LogP contribution < -0.4 is 15.8 Å². The lowest BCUT2D eigenvalue weighted by Crippen LogP contribution is -2.37. The number of halogens is 3. The predicted molar refractivity (Wildman–Crippen MR) is 169 cm³/mol. The van der Waals surface area contributed by atoms with E-state index in [-0.39, 0.29) is 56.7 Å². The first kappa shape index (κ1) is 31.7. The van der Waals surface area contributed by atoms with Gasteiger partial charge in [0, 0.05) is 61.8 Å². The molecule has 3 aromatic heterocycles. The van der Waals surface area contributed by atoms with Crippen molar-refractivity contribution in [2.24, 2.45) is 0 Å². The summed E-state index contributed by atoms with van der Waals surface area (Å²) in [6.45, 7) is 1.11. The first-order valence-electron chi connectivity index (χ1n) is 15.5. The molecule has 0 radical (unpaired) electrons. The summed E-state index contributed by atoms with van der Waals surface area (Å²) < 4.78 is 34.7. The number of aromatic nitrogens is 5. The van der Waals surface area contributed by atoms with E-state index in [4.69, 9.17) is 27.2 Å². The molecular formula is C31H36ClF2N9O3. The number of rotatable bonds is 10. The maximum absolute atomic E-state index is 13.6. The highest BCUT2D eigenvalue weighted by Crippen LogP contribution is 2.38. The van der Waals surface area contributed by atoms with Crippen LogP contribution in [-0.4, -0.2) is 85.3 Å². The van der Waals surface area contributed by atoms with Gasteiger partial charge in [-0.25, -0.2) is 9.50 Å². The van der Waals surface area contributed by atoms with Crippen LogP contribution in [0.1, 0.15) is 61.3 Å². The first-order chi connectivity index (χ1) is 22.3. The van der Waals surface area contributed by atoms with Crippen molar-refractivity contribution in [1.82, 2.24) is 34.2 Å². The first-order valence-corrected chi connectivity index (χ1v) is 15.9. The fourth-order valence-corrected chi connectivity index (χ4v) is 6.40. The SMILES string of the molecule is Nc1nn2cccnc2c1C(=O)Nc1cn(C2CCN(CCCC(=O)N3CCCCC3)CC2)nc1-c1cc(Cl)ccc1OC(F)F. The zero-order chi connectivity index (χ0) is 32.2. The second-order valence-electron chi connectivity index (χ2n) is 11.6. The fourth-order valence-electron chi connectivity index (χ4n) is 6.22. The van der Waals surface area contributed by atoms with Gasteiger partial charge in [0.1, 0.15) is 17.0 Å². The number of carbonyl (C=O) groups excluding carboxylic acids is 2. The van der Waals surface area contributed by atoms with E-state index in [1.165, 1.54) is 35.3 Å². The summed E-state index contributed by atoms with van der Waals surface area (Å²) in [4.78, 5) is 34.7. The van der Waals surface area contributed by atoms with Gasteiger partial charge in [-0.1, -0.05) is 11.6 Å². The molecule has 0 spiro atoms. The summed E-state index contributed by atoms with van der Waals surface area (Å²) in [7, 11) is 0. The Morgan fingerprint density at radius 2 is 1.89 bits per heavy atom. The van der Waals surface area contributed by atoms with Crippen molar-refractivity contribution < 1.29 is 23.1 Å². The summed E-state index contributed by atoms with van der Waals surface area (Å²) >= 11 is 6.28. The van der Waals surface area contributed by atoms with Crippen LogP contribution in [0.3, 0.4) is 0 Å². The van der Waals surface area contributed by atoms with Crippen LogP contribution in [0, 0.1) is 0 Å². The number of nitrogen functional groups attached to an aromatic ring is 1. The van der Waals surface area contributed by atoms with E-state index in [0.717, 1.165) is 64.8 Å². The monoisotopic (exact) mass is 655 g/mol. The number of anilines is 2. The Kier molecular flexibility index (Phi) is 9.64. The van der Waals surface area contributed by atoms with Gasteiger partial charge in [0.05, 0.1) is 11.7 Å². The fraction of sp³-hybridized carbons (Fsp3) is 0.452. The van der Waals surface area contributed by atoms with Crippen LogP contribution in [0.25, 0.3) is 16.9 Å². The molecule has 2 saturated heterocycles. The molecule has 12 nitrogen and oxygen atoms in total. The van der Waals surface area contributed by atoms with E-state index < -0.39 is 12.5 Å². The molecule has 2 fully saturated rings. The molecule has 5 heterocycles. The van der Waals surface area contributed by atoms with Crippen molar-refractivity contribution in [2.75, 3.05) is 43.8 Å². The number of nitrogens with zero attached hydrogens (tertiary/aromatic N) is 7. The van der Waals surface area contributed by atoms with Crippen LogP contribution in [0.2, 0.25) is 5.02 Å². The molecule has 0 saturated carbocycles. The standard InChI is InChI=1S/C31H36ClF2N9O3/c32-20-7-8-24(46-31(33)34)22(18-20)27-23(37-30(45)26-28(35)39-42-15-5-11-36-29(26)42)19-43(38-27)21-9-16-40(17-10-21)12-4-6-25(44)41-13-2-1-3-14-41/h5,7-8,11,15,18-19,21,31H,1-4,6,9-10,12-14,16-17H2,(H2,35,39)(H,37,45). The van der Waals surface area contributed by atoms with Crippen molar-refractivity contribution >= 4 is 40.6 Å². The van der Waals surface area contributed by atoms with Crippen molar-refractivity contribution in [3.05, 3.63) is 53.4 Å². The number of amides is 2. The molecule has 6 rings (SSSR count). The Morgan fingerprint density at radius 3 is 2.65 bits per heavy atom. The van der Waals surface area contributed by atoms with Crippen molar-refractivity contribution in [2.45, 2.75) is 57.6 Å². The Balaban J connectivity index is 1.20. The predicted octanol–water partition coefficient (Wildman–Crippen LogP) is 5.11. The van der Waals surface area contributed by atoms with Gasteiger partial charge in [0.2, 0.25) is 5.91 Å². The van der Waals surface area contributed by atoms with Gasteiger partial charge in [-0.2, -0.15) is 13.9 Å². The second-order valence-corrected chi connectivity index (χ2v) is 12.0. The van der Waals surface area contributed by atoms with Crippen LogP contribution in [0.4, 0.5) is 20.3 Å². The van der Waals surface area contributed by atoms with Gasteiger partial charge in [-0.3, -0.25) is 14.3 Å². The Bertz CT molecular complexity index is 1700. The highest BCUT2D eigenvalue weighted by Gasteiger charge is 2.27. The Labute approximate surface area is 269 Å². The number of fused-ring (bicyclic) bond motifs is 1. The number of ether oxygens (including phenoxy) is 1. The molecule has 0 aliphatic carbocycles. The highest BCUT2D eigenvalue weighted by atomic mass is 35.5. The van der Waals surface area contributed by atoms with E-state index in [9.17, 15) is 18.4 Å². The Morgan fingerprint density at radius 1 is 1.11 bits per heavy atom. The smallest absolute Gasteiger partial charge is 0.387 e. The summed E-state index contributed by atoms with van der Waals surface area (Å²) in [5.74, 6) is -0.490. The number of nitrogens with two attached hydrogens (primary N) is 1. The second kappa shape index (κ2) is 14.0. The van der Waals surface area contributed by atoms with E-state index in [2.05, 4.69) is 20.3 Å². The topological polar surface area (TPSA) is 136 Å². The lowest BCUT2D eigenvalue weighted by Gasteiger charge is -2.32. The van der Waals surface area contributed by atoms with E-state index >= 15 is 0 Å². The molecule has 3 N–H and O–H groups in total. The van der Waals surface area contributed by atoms with Gasteiger partial charge >= 0.3 is 6.61 Å². The molecule has 0 atom stereocenters. The molecule has 2 aliphatic rings. The molecule has 1 aromatic carbocycles. The molecule has 2 amide bonds. The third kappa shape index (κ3) is 7.07. The zero-order valence-electron chi connectivity index (χ0n) is 25.2. The normalized spacial score (nSPS) is 16.3. The van der Waals surface area contributed by atoms with Crippen molar-refractivity contribution in [3.8, 4) is 17.0 Å². The molecule has 0 bridgehead atoms. The van der Waals surface area contributed by atoms with Gasteiger partial charge in [-0.05, 0) is 69.3 Å². The maximum Gasteiger partial charge on any atom is 0.387 e. The van der Waals surface area contributed by atoms with Gasteiger partial charge in [0.15, 0.2) is 11.5 Å². The largest absolute Gasteiger partial charge is 0.434 e. The number of carbonyl (C=O) groups is 2.